The summed E-state index contributed by atoms with van der Waals surface area (Å²) in [4.78, 5) is 22.0. The molecule has 0 aliphatic rings. The van der Waals surface area contributed by atoms with E-state index in [2.05, 4.69) is 27.7 Å². The Morgan fingerprint density at radius 3 is 0.938 bits per heavy atom. The summed E-state index contributed by atoms with van der Waals surface area (Å²) >= 11 is 0. The number of rotatable bonds is 6. The van der Waals surface area contributed by atoms with Crippen LogP contribution in [0.25, 0.3) is 0 Å². The van der Waals surface area contributed by atoms with Crippen LogP contribution in [0, 0.1) is 0 Å². The van der Waals surface area contributed by atoms with Crippen molar-refractivity contribution in [3.05, 3.63) is 70.8 Å². The van der Waals surface area contributed by atoms with E-state index in [-0.39, 0.29) is 56.1 Å². The van der Waals surface area contributed by atoms with Crippen LogP contribution in [0.15, 0.2) is 48.5 Å². The quantitative estimate of drug-likeness (QED) is 0.412. The molecule has 0 saturated heterocycles. The van der Waals surface area contributed by atoms with Crippen molar-refractivity contribution in [1.29, 1.82) is 0 Å². The van der Waals surface area contributed by atoms with E-state index in [1.165, 1.54) is 11.1 Å². The van der Waals surface area contributed by atoms with Crippen LogP contribution in [0.5, 0.6) is 0 Å². The summed E-state index contributed by atoms with van der Waals surface area (Å²) in [6, 6.07) is 15.8. The van der Waals surface area contributed by atoms with E-state index in [0.717, 1.165) is 24.0 Å². The fourth-order valence-corrected chi connectivity index (χ4v) is 2.56. The van der Waals surface area contributed by atoms with E-state index in [1.54, 1.807) is 13.8 Å². The summed E-state index contributed by atoms with van der Waals surface area (Å²) in [6.07, 6.45) is 2.28. The van der Waals surface area contributed by atoms with Gasteiger partial charge in [-0.2, -0.15) is 0 Å². The third kappa shape index (κ3) is 14.0. The molecule has 0 saturated carbocycles. The molecule has 0 fully saturated rings. The van der Waals surface area contributed by atoms with Gasteiger partial charge >= 0.3 is 0 Å². The van der Waals surface area contributed by atoms with Crippen molar-refractivity contribution in [3.8, 4) is 0 Å². The van der Waals surface area contributed by atoms with E-state index < -0.39 is 0 Å². The van der Waals surface area contributed by atoms with Crippen LogP contribution in [-0.2, 0) is 0 Å². The number of hydrogen-bond acceptors (Lipinski definition) is 2. The van der Waals surface area contributed by atoms with E-state index in [0.29, 0.717) is 11.8 Å². The van der Waals surface area contributed by atoms with Gasteiger partial charge in [-0.3, -0.25) is 9.59 Å². The van der Waals surface area contributed by atoms with Crippen molar-refractivity contribution in [2.75, 3.05) is 0 Å². The minimum absolute atomic E-state index is 0. The molecule has 2 nitrogen and oxygen atoms in total. The van der Waals surface area contributed by atoms with Crippen LogP contribution in [-0.4, -0.2) is 11.6 Å². The lowest BCUT2D eigenvalue weighted by Gasteiger charge is -2.08. The molecule has 0 spiro atoms. The normalized spacial score (nSPS) is 10.2. The summed E-state index contributed by atoms with van der Waals surface area (Å²) in [5.74, 6) is 1.44. The molecule has 0 aromatic heterocycles. The monoisotopic (exact) mass is 448 g/mol. The first-order valence-electron chi connectivity index (χ1n) is 9.51. The van der Waals surface area contributed by atoms with Gasteiger partial charge in [0, 0.05) is 11.1 Å². The van der Waals surface area contributed by atoms with Crippen LogP contribution in [0.4, 0.5) is 0 Å². The molecule has 0 N–H and O–H groups in total. The molecule has 0 amide bonds. The Morgan fingerprint density at radius 2 is 0.781 bits per heavy atom. The van der Waals surface area contributed by atoms with Gasteiger partial charge in [-0.15, -0.1) is 0 Å². The summed E-state index contributed by atoms with van der Waals surface area (Å²) < 4.78 is 0. The summed E-state index contributed by atoms with van der Waals surface area (Å²) in [7, 11) is 0. The highest BCUT2D eigenvalue weighted by Gasteiger charge is 2.04. The van der Waals surface area contributed by atoms with Gasteiger partial charge in [0.1, 0.15) is 0 Å². The molecule has 0 aliphatic carbocycles. The van der Waals surface area contributed by atoms with Crippen molar-refractivity contribution in [1.82, 2.24) is 0 Å². The van der Waals surface area contributed by atoms with E-state index in [4.69, 9.17) is 0 Å². The molecule has 2 atom stereocenters. The van der Waals surface area contributed by atoms with Crippen molar-refractivity contribution in [2.24, 2.45) is 0 Å². The van der Waals surface area contributed by atoms with Crippen molar-refractivity contribution in [2.45, 2.75) is 111 Å². The number of carbonyl (C=O) groups excluding carboxylic acids is 2. The molecule has 0 aliphatic heterocycles. The molecular weight excluding hydrogens is 392 g/mol. The second kappa shape index (κ2) is 22.0. The molecule has 2 heteroatoms. The highest BCUT2D eigenvalue weighted by Crippen LogP contribution is 2.19. The molecule has 2 aromatic rings. The highest BCUT2D eigenvalue weighted by atomic mass is 16.1. The first kappa shape index (κ1) is 43.6. The molecule has 2 unspecified atom stereocenters. The summed E-state index contributed by atoms with van der Waals surface area (Å²) in [5.41, 5.74) is 4.22. The fraction of sp³-hybridized carbons (Fsp3) is 0.533. The molecule has 188 valence electrons. The highest BCUT2D eigenvalue weighted by molar-refractivity contribution is 5.94. The Morgan fingerprint density at radius 1 is 0.562 bits per heavy atom. The number of ketones is 2. The number of Topliss-reactive ketones (excluding diaryl/α,β-unsaturated/α-hetero) is 2. The predicted octanol–water partition coefficient (Wildman–Crippen LogP) is 10.6. The topological polar surface area (TPSA) is 34.1 Å². The lowest BCUT2D eigenvalue weighted by molar-refractivity contribution is 0.100. The second-order valence-electron chi connectivity index (χ2n) is 6.97. The first-order valence-corrected chi connectivity index (χ1v) is 9.51. The molecule has 2 rings (SSSR count). The zero-order valence-electron chi connectivity index (χ0n) is 17.0. The average molecular weight is 449 g/mol. The zero-order chi connectivity index (χ0) is 19.7. The van der Waals surface area contributed by atoms with Crippen molar-refractivity contribution < 1.29 is 9.59 Å². The van der Waals surface area contributed by atoms with Crippen LogP contribution >= 0.6 is 0 Å². The summed E-state index contributed by atoms with van der Waals surface area (Å²) in [5, 5.41) is 0. The number of hydrogen-bond donors (Lipinski definition) is 0. The van der Waals surface area contributed by atoms with Crippen LogP contribution in [0.1, 0.15) is 143 Å². The maximum atomic E-state index is 11.0. The van der Waals surface area contributed by atoms with Gasteiger partial charge in [0.25, 0.3) is 0 Å². The van der Waals surface area contributed by atoms with Gasteiger partial charge < -0.3 is 0 Å². The van der Waals surface area contributed by atoms with Gasteiger partial charge in [0.15, 0.2) is 11.6 Å². The lowest BCUT2D eigenvalue weighted by atomic mass is 9.97. The van der Waals surface area contributed by atoms with Gasteiger partial charge in [0.05, 0.1) is 0 Å². The Kier molecular flexibility index (Phi) is 30.0. The molecule has 0 bridgehead atoms. The Hall–Kier alpha value is -2.22. The smallest absolute Gasteiger partial charge is 0.159 e. The largest absolute Gasteiger partial charge is 0.295 e. The summed E-state index contributed by atoms with van der Waals surface area (Å²) in [6.45, 7) is 11.9. The molecule has 0 radical (unpaired) electrons. The number of carbonyl (C=O) groups is 2. The maximum Gasteiger partial charge on any atom is 0.159 e. The molecule has 32 heavy (non-hydrogen) atoms. The minimum Gasteiger partial charge on any atom is -0.295 e. The van der Waals surface area contributed by atoms with E-state index >= 15 is 0 Å². The van der Waals surface area contributed by atoms with E-state index in [1.807, 2.05) is 48.5 Å². The third-order valence-corrected chi connectivity index (χ3v) is 5.00. The predicted molar refractivity (Wildman–Crippen MR) is 151 cm³/mol. The van der Waals surface area contributed by atoms with Crippen LogP contribution in [0.3, 0.4) is 0 Å². The second-order valence-corrected chi connectivity index (χ2v) is 6.97. The van der Waals surface area contributed by atoms with Gasteiger partial charge in [-0.1, -0.05) is 121 Å². The first-order chi connectivity index (χ1) is 12.3. The van der Waals surface area contributed by atoms with Gasteiger partial charge in [0.2, 0.25) is 0 Å². The fourth-order valence-electron chi connectivity index (χ4n) is 2.56. The van der Waals surface area contributed by atoms with Crippen LogP contribution in [0.2, 0.25) is 0 Å². The van der Waals surface area contributed by atoms with Gasteiger partial charge in [-0.05, 0) is 49.7 Å². The standard InChI is InChI=1S/2C12H16O.6CH4/c2*1-4-9(2)11-5-7-12(8-6-11)10(3)13;;;;;;/h2*5-9H,4H2,1-3H3;6*1H4. The Balaban J connectivity index is -0.0000000889. The Bertz CT molecular complexity index is 633. The average Bonchev–Trinajstić information content (AvgIpc) is 2.67. The molecule has 0 heterocycles. The van der Waals surface area contributed by atoms with Crippen molar-refractivity contribution in [3.63, 3.8) is 0 Å². The minimum atomic E-state index is 0. The van der Waals surface area contributed by atoms with Gasteiger partial charge in [-0.25, -0.2) is 0 Å². The Labute approximate surface area is 202 Å². The van der Waals surface area contributed by atoms with E-state index in [9.17, 15) is 9.59 Å². The number of benzene rings is 2. The van der Waals surface area contributed by atoms with Crippen LogP contribution < -0.4 is 0 Å². The maximum absolute atomic E-state index is 11.0. The van der Waals surface area contributed by atoms with Crippen molar-refractivity contribution >= 4 is 11.6 Å². The third-order valence-electron chi connectivity index (χ3n) is 5.00. The zero-order valence-corrected chi connectivity index (χ0v) is 17.0. The molecule has 2 aromatic carbocycles. The SMILES string of the molecule is C.C.C.C.C.C.CCC(C)c1ccc(C(C)=O)cc1.CCC(C)c1ccc(C(C)=O)cc1. The molecular formula is C30H56O2. The lowest BCUT2D eigenvalue weighted by Crippen LogP contribution is -1.94.